The summed E-state index contributed by atoms with van der Waals surface area (Å²) in [7, 11) is 0. The Labute approximate surface area is 185 Å². The molecule has 31 heavy (non-hydrogen) atoms. The molecule has 3 aromatic carbocycles. The molecule has 1 saturated carbocycles. The normalized spacial score (nSPS) is 24.8. The van der Waals surface area contributed by atoms with Gasteiger partial charge in [-0.05, 0) is 43.4 Å². The summed E-state index contributed by atoms with van der Waals surface area (Å²) in [5, 5.41) is 0. The van der Waals surface area contributed by atoms with Crippen LogP contribution < -0.4 is 0 Å². The Morgan fingerprint density at radius 3 is 1.71 bits per heavy atom. The fraction of sp³-hybridized carbons (Fsp3) is 0.357. The molecule has 1 heterocycles. The van der Waals surface area contributed by atoms with E-state index in [9.17, 15) is 0 Å². The van der Waals surface area contributed by atoms with Gasteiger partial charge in [0, 0.05) is 5.92 Å². The molecular weight excluding hydrogens is 384 g/mol. The van der Waals surface area contributed by atoms with E-state index < -0.39 is 11.4 Å². The molecule has 0 bridgehead atoms. The van der Waals surface area contributed by atoms with E-state index in [1.54, 1.807) is 0 Å². The van der Waals surface area contributed by atoms with Crippen molar-refractivity contribution in [1.82, 2.24) is 0 Å². The highest BCUT2D eigenvalue weighted by atomic mass is 16.8. The molecule has 1 aliphatic heterocycles. The number of fused-ring (bicyclic) bond motifs is 1. The van der Waals surface area contributed by atoms with Crippen LogP contribution in [0.15, 0.2) is 91.0 Å². The Kier molecular flexibility index (Phi) is 5.43. The maximum Gasteiger partial charge on any atom is 0.163 e. The van der Waals surface area contributed by atoms with Gasteiger partial charge >= 0.3 is 0 Å². The van der Waals surface area contributed by atoms with Gasteiger partial charge in [-0.1, -0.05) is 91.0 Å². The van der Waals surface area contributed by atoms with Gasteiger partial charge in [-0.3, -0.25) is 0 Å². The van der Waals surface area contributed by atoms with Crippen molar-refractivity contribution in [2.75, 3.05) is 6.61 Å². The molecule has 5 rings (SSSR count). The largest absolute Gasteiger partial charge is 0.360 e. The second-order valence-electron chi connectivity index (χ2n) is 9.07. The van der Waals surface area contributed by atoms with Crippen molar-refractivity contribution in [2.45, 2.75) is 50.3 Å². The number of ether oxygens (including phenoxy) is 3. The minimum Gasteiger partial charge on any atom is -0.360 e. The number of benzene rings is 3. The van der Waals surface area contributed by atoms with Crippen LogP contribution in [0.3, 0.4) is 0 Å². The Morgan fingerprint density at radius 2 is 1.23 bits per heavy atom. The van der Waals surface area contributed by atoms with Crippen LogP contribution in [0.25, 0.3) is 0 Å². The molecule has 3 aromatic rings. The third-order valence-electron chi connectivity index (χ3n) is 6.56. The predicted octanol–water partition coefficient (Wildman–Crippen LogP) is 5.93. The van der Waals surface area contributed by atoms with Crippen molar-refractivity contribution in [3.8, 4) is 0 Å². The topological polar surface area (TPSA) is 27.7 Å². The summed E-state index contributed by atoms with van der Waals surface area (Å²) in [5.41, 5.74) is 2.71. The maximum absolute atomic E-state index is 7.01. The summed E-state index contributed by atoms with van der Waals surface area (Å²) in [6.07, 6.45) is 2.34. The molecular formula is C28H30O3. The maximum atomic E-state index is 7.01. The molecule has 0 aromatic heterocycles. The van der Waals surface area contributed by atoms with E-state index in [-0.39, 0.29) is 12.2 Å². The van der Waals surface area contributed by atoms with Crippen LogP contribution in [0.1, 0.15) is 43.4 Å². The molecule has 3 atom stereocenters. The minimum atomic E-state index is -0.684. The van der Waals surface area contributed by atoms with Crippen molar-refractivity contribution in [3.63, 3.8) is 0 Å². The molecule has 3 nitrogen and oxygen atoms in total. The van der Waals surface area contributed by atoms with E-state index in [0.29, 0.717) is 12.5 Å². The van der Waals surface area contributed by atoms with Crippen molar-refractivity contribution in [2.24, 2.45) is 5.92 Å². The summed E-state index contributed by atoms with van der Waals surface area (Å²) >= 11 is 0. The van der Waals surface area contributed by atoms with Gasteiger partial charge in [-0.2, -0.15) is 0 Å². The summed E-state index contributed by atoms with van der Waals surface area (Å²) in [4.78, 5) is 0. The molecule has 0 unspecified atom stereocenters. The first-order valence-corrected chi connectivity index (χ1v) is 11.2. The van der Waals surface area contributed by atoms with Crippen LogP contribution in [-0.4, -0.2) is 24.6 Å². The molecule has 160 valence electrons. The van der Waals surface area contributed by atoms with Gasteiger partial charge in [0.05, 0.1) is 18.8 Å². The van der Waals surface area contributed by atoms with E-state index in [4.69, 9.17) is 14.2 Å². The lowest BCUT2D eigenvalue weighted by molar-refractivity contribution is -0.160. The third-order valence-corrected chi connectivity index (χ3v) is 6.56. The molecule has 1 aliphatic carbocycles. The SMILES string of the molecule is CC1(C)O[C@@H]2[C@@H](COC(c3ccccc3)(c3ccccc3)c3ccccc3)CC[C@@H]2O1. The van der Waals surface area contributed by atoms with E-state index >= 15 is 0 Å². The Morgan fingerprint density at radius 1 is 0.742 bits per heavy atom. The van der Waals surface area contributed by atoms with Gasteiger partial charge in [0.2, 0.25) is 0 Å². The number of hydrogen-bond donors (Lipinski definition) is 0. The van der Waals surface area contributed by atoms with Crippen LogP contribution in [-0.2, 0) is 19.8 Å². The average molecular weight is 415 g/mol. The summed E-state index contributed by atoms with van der Waals surface area (Å²) < 4.78 is 19.4. The quantitative estimate of drug-likeness (QED) is 0.468. The lowest BCUT2D eigenvalue weighted by Crippen LogP contribution is -2.37. The molecule has 2 fully saturated rings. The minimum absolute atomic E-state index is 0.0926. The first-order chi connectivity index (χ1) is 15.1. The highest BCUT2D eigenvalue weighted by Gasteiger charge is 2.50. The van der Waals surface area contributed by atoms with Gasteiger partial charge in [0.15, 0.2) is 5.79 Å². The van der Waals surface area contributed by atoms with Crippen LogP contribution in [0.5, 0.6) is 0 Å². The second-order valence-corrected chi connectivity index (χ2v) is 9.07. The molecule has 1 saturated heterocycles. The van der Waals surface area contributed by atoms with E-state index in [1.807, 2.05) is 13.8 Å². The fourth-order valence-corrected chi connectivity index (χ4v) is 5.21. The van der Waals surface area contributed by atoms with E-state index in [0.717, 1.165) is 29.5 Å². The monoisotopic (exact) mass is 414 g/mol. The van der Waals surface area contributed by atoms with Gasteiger partial charge in [0.1, 0.15) is 5.60 Å². The van der Waals surface area contributed by atoms with Gasteiger partial charge in [-0.25, -0.2) is 0 Å². The lowest BCUT2D eigenvalue weighted by atomic mass is 9.80. The molecule has 0 radical (unpaired) electrons. The van der Waals surface area contributed by atoms with Crippen LogP contribution in [0, 0.1) is 5.92 Å². The van der Waals surface area contributed by atoms with Crippen molar-refractivity contribution in [3.05, 3.63) is 108 Å². The summed E-state index contributed by atoms with van der Waals surface area (Å²) in [6.45, 7) is 4.62. The number of rotatable bonds is 6. The summed E-state index contributed by atoms with van der Waals surface area (Å²) in [6, 6.07) is 31.6. The van der Waals surface area contributed by atoms with E-state index in [2.05, 4.69) is 91.0 Å². The van der Waals surface area contributed by atoms with Gasteiger partial charge < -0.3 is 14.2 Å². The standard InChI is InChI=1S/C28H30O3/c1-27(2)30-25-19-18-21(26(25)31-27)20-29-28(22-12-6-3-7-13-22,23-14-8-4-9-15-23)24-16-10-5-11-17-24/h3-17,21,25-26H,18-20H2,1-2H3/t21-,25+,26-/m1/s1. The van der Waals surface area contributed by atoms with Crippen LogP contribution in [0.4, 0.5) is 0 Å². The number of hydrogen-bond acceptors (Lipinski definition) is 3. The van der Waals surface area contributed by atoms with Crippen molar-refractivity contribution >= 4 is 0 Å². The van der Waals surface area contributed by atoms with Crippen LogP contribution in [0.2, 0.25) is 0 Å². The van der Waals surface area contributed by atoms with Gasteiger partial charge in [-0.15, -0.1) is 0 Å². The van der Waals surface area contributed by atoms with Crippen molar-refractivity contribution in [1.29, 1.82) is 0 Å². The average Bonchev–Trinajstić information content (AvgIpc) is 3.31. The lowest BCUT2D eigenvalue weighted by Gasteiger charge is -2.37. The first kappa shape index (κ1) is 20.4. The molecule has 2 aliphatic rings. The Balaban J connectivity index is 1.55. The zero-order valence-corrected chi connectivity index (χ0v) is 18.2. The molecule has 0 amide bonds. The van der Waals surface area contributed by atoms with E-state index in [1.165, 1.54) is 0 Å². The Hall–Kier alpha value is -2.46. The van der Waals surface area contributed by atoms with Gasteiger partial charge in [0.25, 0.3) is 0 Å². The van der Waals surface area contributed by atoms with Crippen molar-refractivity contribution < 1.29 is 14.2 Å². The first-order valence-electron chi connectivity index (χ1n) is 11.2. The smallest absolute Gasteiger partial charge is 0.163 e. The molecule has 0 spiro atoms. The second kappa shape index (κ2) is 8.23. The molecule has 0 N–H and O–H groups in total. The Bertz CT molecular complexity index is 888. The third kappa shape index (κ3) is 3.82. The van der Waals surface area contributed by atoms with Crippen LogP contribution >= 0.6 is 0 Å². The highest BCUT2D eigenvalue weighted by Crippen LogP contribution is 2.45. The fourth-order valence-electron chi connectivity index (χ4n) is 5.21. The summed E-state index contributed by atoms with van der Waals surface area (Å²) in [5.74, 6) is -0.203. The predicted molar refractivity (Wildman–Crippen MR) is 122 cm³/mol. The zero-order valence-electron chi connectivity index (χ0n) is 18.2. The molecule has 3 heteroatoms. The highest BCUT2D eigenvalue weighted by molar-refractivity contribution is 5.47. The zero-order chi connectivity index (χ0) is 21.3.